The minimum Gasteiger partial charge on any atom is -0.492 e. The smallest absolute Gasteiger partial charge is 0.224 e. The van der Waals surface area contributed by atoms with Gasteiger partial charge in [0.15, 0.2) is 0 Å². The predicted octanol–water partition coefficient (Wildman–Crippen LogP) is 6.31. The Morgan fingerprint density at radius 2 is 1.55 bits per heavy atom. The Bertz CT molecular complexity index is 827. The molecule has 2 aromatic carbocycles. The third kappa shape index (κ3) is 8.75. The molecule has 2 N–H and O–H groups in total. The zero-order chi connectivity index (χ0) is 21.1. The Morgan fingerprint density at radius 3 is 2.17 bits per heavy atom. The molecular weight excluding hydrogens is 411 g/mol. The first-order valence-corrected chi connectivity index (χ1v) is 10.5. The number of ether oxygens (including phenoxy) is 1. The second-order valence-corrected chi connectivity index (χ2v) is 7.50. The van der Waals surface area contributed by atoms with Crippen LogP contribution in [-0.4, -0.2) is 18.4 Å². The van der Waals surface area contributed by atoms with Crippen LogP contribution in [0.15, 0.2) is 42.5 Å². The van der Waals surface area contributed by atoms with Crippen molar-refractivity contribution in [2.75, 3.05) is 17.2 Å². The maximum absolute atomic E-state index is 12.1. The summed E-state index contributed by atoms with van der Waals surface area (Å²) in [6, 6.07) is 12.1. The molecule has 2 amide bonds. The molecule has 0 bridgehead atoms. The molecule has 0 saturated heterocycles. The van der Waals surface area contributed by atoms with Crippen molar-refractivity contribution in [1.29, 1.82) is 0 Å². The van der Waals surface area contributed by atoms with Crippen LogP contribution in [0.1, 0.15) is 45.4 Å². The number of anilines is 2. The van der Waals surface area contributed by atoms with Crippen molar-refractivity contribution in [3.05, 3.63) is 52.5 Å². The normalized spacial score (nSPS) is 10.4. The Kier molecular flexibility index (Phi) is 9.81. The number of hydrogen-bond acceptors (Lipinski definition) is 3. The summed E-state index contributed by atoms with van der Waals surface area (Å²) in [6.07, 6.45) is 4.34. The lowest BCUT2D eigenvalue weighted by Crippen LogP contribution is -2.14. The number of unbranched alkanes of at least 4 members (excludes halogenated alkanes) is 2. The third-order valence-electron chi connectivity index (χ3n) is 4.14. The molecule has 0 radical (unpaired) electrons. The van der Waals surface area contributed by atoms with Crippen LogP contribution in [0.3, 0.4) is 0 Å². The Hall–Kier alpha value is -2.24. The second kappa shape index (κ2) is 12.3. The van der Waals surface area contributed by atoms with Gasteiger partial charge in [0.1, 0.15) is 5.75 Å². The molecule has 0 aliphatic rings. The summed E-state index contributed by atoms with van der Waals surface area (Å²) < 4.78 is 5.58. The van der Waals surface area contributed by atoms with Crippen molar-refractivity contribution in [3.63, 3.8) is 0 Å². The SMILES string of the molecule is CCCCCC(=O)Nc1cccc(NC(=O)CCCOc2ccc(Cl)cc2Cl)c1. The van der Waals surface area contributed by atoms with E-state index < -0.39 is 0 Å². The average Bonchev–Trinajstić information content (AvgIpc) is 2.67. The van der Waals surface area contributed by atoms with Gasteiger partial charge < -0.3 is 15.4 Å². The number of carbonyl (C=O) groups is 2. The number of benzene rings is 2. The molecule has 0 unspecified atom stereocenters. The fraction of sp³-hybridized carbons (Fsp3) is 0.364. The fourth-order valence-corrected chi connectivity index (χ4v) is 3.13. The molecule has 0 saturated carbocycles. The third-order valence-corrected chi connectivity index (χ3v) is 4.67. The number of rotatable bonds is 11. The van der Waals surface area contributed by atoms with E-state index in [-0.39, 0.29) is 11.8 Å². The van der Waals surface area contributed by atoms with Gasteiger partial charge in [-0.15, -0.1) is 0 Å². The average molecular weight is 437 g/mol. The maximum atomic E-state index is 12.1. The first kappa shape index (κ1) is 23.0. The molecule has 29 heavy (non-hydrogen) atoms. The summed E-state index contributed by atoms with van der Waals surface area (Å²) in [5.74, 6) is 0.404. The molecule has 0 heterocycles. The number of hydrogen-bond donors (Lipinski definition) is 2. The van der Waals surface area contributed by atoms with Crippen LogP contribution in [0.4, 0.5) is 11.4 Å². The van der Waals surface area contributed by atoms with Crippen LogP contribution in [0, 0.1) is 0 Å². The van der Waals surface area contributed by atoms with Gasteiger partial charge in [0.05, 0.1) is 11.6 Å². The first-order chi connectivity index (χ1) is 14.0. The maximum Gasteiger partial charge on any atom is 0.224 e. The zero-order valence-electron chi connectivity index (χ0n) is 16.5. The van der Waals surface area contributed by atoms with Gasteiger partial charge in [-0.2, -0.15) is 0 Å². The predicted molar refractivity (Wildman–Crippen MR) is 119 cm³/mol. The van der Waals surface area contributed by atoms with E-state index in [1.54, 1.807) is 42.5 Å². The van der Waals surface area contributed by atoms with E-state index in [1.807, 2.05) is 0 Å². The van der Waals surface area contributed by atoms with Crippen LogP contribution in [0.25, 0.3) is 0 Å². The van der Waals surface area contributed by atoms with Crippen molar-refractivity contribution in [3.8, 4) is 5.75 Å². The van der Waals surface area contributed by atoms with E-state index in [9.17, 15) is 9.59 Å². The lowest BCUT2D eigenvalue weighted by Gasteiger charge is -2.10. The minimum atomic E-state index is -0.123. The topological polar surface area (TPSA) is 67.4 Å². The highest BCUT2D eigenvalue weighted by atomic mass is 35.5. The van der Waals surface area contributed by atoms with Crippen molar-refractivity contribution in [2.45, 2.75) is 45.4 Å². The summed E-state index contributed by atoms with van der Waals surface area (Å²) in [6.45, 7) is 2.46. The van der Waals surface area contributed by atoms with Crippen LogP contribution in [0.5, 0.6) is 5.75 Å². The molecule has 0 atom stereocenters. The van der Waals surface area contributed by atoms with Gasteiger partial charge >= 0.3 is 0 Å². The van der Waals surface area contributed by atoms with E-state index in [4.69, 9.17) is 27.9 Å². The van der Waals surface area contributed by atoms with Crippen molar-refractivity contribution in [1.82, 2.24) is 0 Å². The van der Waals surface area contributed by atoms with E-state index >= 15 is 0 Å². The summed E-state index contributed by atoms with van der Waals surface area (Å²) in [5.41, 5.74) is 1.31. The Labute approximate surface area is 181 Å². The molecule has 0 spiro atoms. The van der Waals surface area contributed by atoms with Gasteiger partial charge in [-0.05, 0) is 49.2 Å². The summed E-state index contributed by atoms with van der Waals surface area (Å²) in [4.78, 5) is 24.1. The summed E-state index contributed by atoms with van der Waals surface area (Å²) in [5, 5.41) is 6.68. The van der Waals surface area contributed by atoms with Crippen LogP contribution in [0.2, 0.25) is 10.0 Å². The van der Waals surface area contributed by atoms with Gasteiger partial charge in [0.2, 0.25) is 11.8 Å². The second-order valence-electron chi connectivity index (χ2n) is 6.66. The quantitative estimate of drug-likeness (QED) is 0.405. The molecule has 2 aromatic rings. The summed E-state index contributed by atoms with van der Waals surface area (Å²) in [7, 11) is 0. The van der Waals surface area contributed by atoms with Crippen LogP contribution in [-0.2, 0) is 9.59 Å². The molecule has 156 valence electrons. The van der Waals surface area contributed by atoms with Crippen LogP contribution < -0.4 is 15.4 Å². The molecule has 2 rings (SSSR count). The van der Waals surface area contributed by atoms with Crippen molar-refractivity contribution < 1.29 is 14.3 Å². The molecule has 0 fully saturated rings. The fourth-order valence-electron chi connectivity index (χ4n) is 2.66. The van der Waals surface area contributed by atoms with Crippen LogP contribution >= 0.6 is 23.2 Å². The lowest BCUT2D eigenvalue weighted by molar-refractivity contribution is -0.117. The molecule has 0 aromatic heterocycles. The highest BCUT2D eigenvalue weighted by Crippen LogP contribution is 2.27. The van der Waals surface area contributed by atoms with E-state index in [1.165, 1.54) is 0 Å². The van der Waals surface area contributed by atoms with Crippen molar-refractivity contribution >= 4 is 46.4 Å². The molecule has 0 aliphatic heterocycles. The van der Waals surface area contributed by atoms with Gasteiger partial charge in [-0.1, -0.05) is 49.0 Å². The van der Waals surface area contributed by atoms with Gasteiger partial charge in [0, 0.05) is 29.2 Å². The monoisotopic (exact) mass is 436 g/mol. The minimum absolute atomic E-state index is 0.0139. The van der Waals surface area contributed by atoms with Gasteiger partial charge in [-0.3, -0.25) is 9.59 Å². The largest absolute Gasteiger partial charge is 0.492 e. The number of halogens is 2. The molecule has 5 nitrogen and oxygen atoms in total. The summed E-state index contributed by atoms with van der Waals surface area (Å²) >= 11 is 11.9. The van der Waals surface area contributed by atoms with Gasteiger partial charge in [-0.25, -0.2) is 0 Å². The van der Waals surface area contributed by atoms with E-state index in [2.05, 4.69) is 17.6 Å². The Morgan fingerprint density at radius 1 is 0.897 bits per heavy atom. The zero-order valence-corrected chi connectivity index (χ0v) is 18.0. The number of carbonyl (C=O) groups excluding carboxylic acids is 2. The van der Waals surface area contributed by atoms with E-state index in [0.717, 1.165) is 19.3 Å². The van der Waals surface area contributed by atoms with E-state index in [0.29, 0.717) is 53.0 Å². The molecule has 0 aliphatic carbocycles. The Balaban J connectivity index is 1.73. The van der Waals surface area contributed by atoms with Gasteiger partial charge in [0.25, 0.3) is 0 Å². The standard InChI is InChI=1S/C22H26Cl2N2O3/c1-2-3-4-9-21(27)25-17-7-5-8-18(15-17)26-22(28)10-6-13-29-20-12-11-16(23)14-19(20)24/h5,7-8,11-12,14-15H,2-4,6,9-10,13H2,1H3,(H,25,27)(H,26,28). The highest BCUT2D eigenvalue weighted by Gasteiger charge is 2.07. The van der Waals surface area contributed by atoms with Crippen molar-refractivity contribution in [2.24, 2.45) is 0 Å². The number of nitrogens with one attached hydrogen (secondary N) is 2. The number of amides is 2. The highest BCUT2D eigenvalue weighted by molar-refractivity contribution is 6.35. The molecule has 7 heteroatoms. The lowest BCUT2D eigenvalue weighted by atomic mass is 10.2. The first-order valence-electron chi connectivity index (χ1n) is 9.75. The molecular formula is C22H26Cl2N2O3.